The van der Waals surface area contributed by atoms with Crippen LogP contribution in [-0.4, -0.2) is 104 Å². The van der Waals surface area contributed by atoms with E-state index in [2.05, 4.69) is 138 Å². The minimum atomic E-state index is 0.358. The average molecular weight is 928 g/mol. The van der Waals surface area contributed by atoms with E-state index >= 15 is 0 Å². The molecule has 8 nitrogen and oxygen atoms in total. The molecule has 0 saturated carbocycles. The Bertz CT molecular complexity index is 951. The van der Waals surface area contributed by atoms with E-state index in [1.165, 1.54) is 64.2 Å². The zero-order chi connectivity index (χ0) is 49.5. The third kappa shape index (κ3) is 29.5. The Kier molecular flexibility index (Phi) is 29.3. The summed E-state index contributed by atoms with van der Waals surface area (Å²) in [6.07, 6.45) is 14.1. The highest BCUT2D eigenvalue weighted by Crippen LogP contribution is 2.34. The quantitative estimate of drug-likeness (QED) is 0.238. The SMILES string of the molecule is CC(C)(C)C1CCCO1.CC(C)(C)C1CCOC1.CC(C)(C)C1CCOC1.CC(C)(C)C1COC1.CC(C)(C)[C@@H]1CCCO1.CC(C)(C)[C@H]1CCCO1.C[C@@H]1CCOC1.C[C@H]1CCOC1. The van der Waals surface area contributed by atoms with Gasteiger partial charge in [-0.15, -0.1) is 0 Å². The van der Waals surface area contributed by atoms with E-state index in [-0.39, 0.29) is 0 Å². The summed E-state index contributed by atoms with van der Waals surface area (Å²) in [6, 6.07) is 0. The molecule has 8 saturated heterocycles. The number of rotatable bonds is 0. The van der Waals surface area contributed by atoms with Crippen molar-refractivity contribution in [3.63, 3.8) is 0 Å². The average Bonchev–Trinajstić information content (AvgIpc) is 4.02. The van der Waals surface area contributed by atoms with E-state index in [0.29, 0.717) is 50.8 Å². The van der Waals surface area contributed by atoms with Crippen molar-refractivity contribution < 1.29 is 37.9 Å². The molecule has 3 unspecified atom stereocenters. The molecule has 8 heteroatoms. The van der Waals surface area contributed by atoms with Gasteiger partial charge in [-0.25, -0.2) is 0 Å². The summed E-state index contributed by atoms with van der Waals surface area (Å²) in [6.45, 7) is 57.8. The van der Waals surface area contributed by atoms with E-state index in [1.807, 2.05) is 0 Å². The van der Waals surface area contributed by atoms with Crippen LogP contribution in [0.5, 0.6) is 0 Å². The van der Waals surface area contributed by atoms with Gasteiger partial charge >= 0.3 is 0 Å². The Hall–Kier alpha value is -0.320. The Balaban J connectivity index is 0.000000373. The number of hydrogen-bond donors (Lipinski definition) is 0. The lowest BCUT2D eigenvalue weighted by Gasteiger charge is -2.37. The van der Waals surface area contributed by atoms with E-state index in [4.69, 9.17) is 37.9 Å². The van der Waals surface area contributed by atoms with Crippen molar-refractivity contribution in [2.24, 2.45) is 62.1 Å². The lowest BCUT2D eigenvalue weighted by molar-refractivity contribution is -0.0821. The van der Waals surface area contributed by atoms with Crippen molar-refractivity contribution in [2.75, 3.05) is 85.9 Å². The molecule has 8 heterocycles. The van der Waals surface area contributed by atoms with Crippen LogP contribution < -0.4 is 0 Å². The summed E-state index contributed by atoms with van der Waals surface area (Å²) >= 11 is 0. The first kappa shape index (κ1) is 62.7. The van der Waals surface area contributed by atoms with Crippen LogP contribution >= 0.6 is 0 Å². The monoisotopic (exact) mass is 927 g/mol. The van der Waals surface area contributed by atoms with Gasteiger partial charge in [-0.1, -0.05) is 138 Å². The van der Waals surface area contributed by atoms with Crippen LogP contribution in [0.4, 0.5) is 0 Å². The van der Waals surface area contributed by atoms with Gasteiger partial charge in [0.05, 0.1) is 31.5 Å². The maximum Gasteiger partial charge on any atom is 0.0624 e. The van der Waals surface area contributed by atoms with Gasteiger partial charge in [0, 0.05) is 78.6 Å². The maximum absolute atomic E-state index is 5.52. The summed E-state index contributed by atoms with van der Waals surface area (Å²) in [5.41, 5.74) is 2.45. The third-order valence-electron chi connectivity index (χ3n) is 14.2. The molecule has 0 aromatic rings. The van der Waals surface area contributed by atoms with Gasteiger partial charge in [0.25, 0.3) is 0 Å². The molecule has 0 aliphatic carbocycles. The smallest absolute Gasteiger partial charge is 0.0624 e. The van der Waals surface area contributed by atoms with E-state index in [1.54, 1.807) is 0 Å². The van der Waals surface area contributed by atoms with Gasteiger partial charge in [-0.05, 0) is 120 Å². The Labute approximate surface area is 405 Å². The molecular formula is C57H114O8. The standard InChI is InChI=1S/5C8H16O.C7H14O.2C5H10O/c2*1-8(2,3)7-4-5-9-6-7;3*1-8(2,3)7-5-4-6-9-7;1-7(2,3)6-4-8-5-6;2*1-5-2-3-6-4-5/h5*7H,4-6H2,1-3H3;6H,4-5H2,1-3H3;2*5H,2-4H2,1H3/t;;2*7-;;;2*5-/m..10..10/s1. The minimum Gasteiger partial charge on any atom is -0.381 e. The molecule has 0 radical (unpaired) electrons. The van der Waals surface area contributed by atoms with Gasteiger partial charge < -0.3 is 37.9 Å². The third-order valence-corrected chi connectivity index (χ3v) is 14.2. The molecule has 390 valence electrons. The Morgan fingerprint density at radius 1 is 0.262 bits per heavy atom. The molecule has 65 heavy (non-hydrogen) atoms. The zero-order valence-electron chi connectivity index (χ0n) is 47.1. The maximum atomic E-state index is 5.52. The van der Waals surface area contributed by atoms with Crippen molar-refractivity contribution in [1.82, 2.24) is 0 Å². The highest BCUT2D eigenvalue weighted by Gasteiger charge is 2.32. The topological polar surface area (TPSA) is 73.8 Å². The fourth-order valence-corrected chi connectivity index (χ4v) is 8.26. The van der Waals surface area contributed by atoms with Gasteiger partial charge in [0.2, 0.25) is 0 Å². The summed E-state index contributed by atoms with van der Waals surface area (Å²) in [4.78, 5) is 0. The molecule has 8 fully saturated rings. The summed E-state index contributed by atoms with van der Waals surface area (Å²) in [7, 11) is 0. The second kappa shape index (κ2) is 30.4. The van der Waals surface area contributed by atoms with Crippen LogP contribution in [0.15, 0.2) is 0 Å². The second-order valence-electron chi connectivity index (χ2n) is 27.0. The molecule has 0 amide bonds. The van der Waals surface area contributed by atoms with Crippen molar-refractivity contribution >= 4 is 0 Å². The highest BCUT2D eigenvalue weighted by atomic mass is 16.5. The van der Waals surface area contributed by atoms with Crippen LogP contribution in [0, 0.1) is 62.1 Å². The molecule has 8 aliphatic rings. The summed E-state index contributed by atoms with van der Waals surface area (Å²) in [5.74, 6) is 4.03. The van der Waals surface area contributed by atoms with Crippen molar-refractivity contribution in [1.29, 1.82) is 0 Å². The molecule has 0 bridgehead atoms. The predicted octanol–water partition coefficient (Wildman–Crippen LogP) is 14.5. The lowest BCUT2D eigenvalue weighted by Crippen LogP contribution is -2.37. The number of ether oxygens (including phenoxy) is 8. The van der Waals surface area contributed by atoms with Crippen LogP contribution in [0.25, 0.3) is 0 Å². The van der Waals surface area contributed by atoms with E-state index in [9.17, 15) is 0 Å². The van der Waals surface area contributed by atoms with Gasteiger partial charge in [0.1, 0.15) is 0 Å². The minimum absolute atomic E-state index is 0.358. The lowest BCUT2D eigenvalue weighted by atomic mass is 9.80. The Morgan fingerprint density at radius 3 is 0.600 bits per heavy atom. The van der Waals surface area contributed by atoms with Gasteiger partial charge in [-0.2, -0.15) is 0 Å². The van der Waals surface area contributed by atoms with Crippen LogP contribution in [0.3, 0.4) is 0 Å². The van der Waals surface area contributed by atoms with E-state index < -0.39 is 0 Å². The van der Waals surface area contributed by atoms with Crippen LogP contribution in [0.1, 0.15) is 203 Å². The highest BCUT2D eigenvalue weighted by molar-refractivity contribution is 4.81. The molecule has 0 N–H and O–H groups in total. The normalized spacial score (nSPS) is 29.3. The molecule has 0 aromatic heterocycles. The van der Waals surface area contributed by atoms with Crippen LogP contribution in [-0.2, 0) is 37.9 Å². The summed E-state index contributed by atoms with van der Waals surface area (Å²) < 4.78 is 42.3. The molecule has 0 aromatic carbocycles. The fraction of sp³-hybridized carbons (Fsp3) is 1.00. The molecular weight excluding hydrogens is 813 g/mol. The number of hydrogen-bond acceptors (Lipinski definition) is 8. The molecule has 7 atom stereocenters. The molecule has 0 spiro atoms. The largest absolute Gasteiger partial charge is 0.381 e. The van der Waals surface area contributed by atoms with Crippen molar-refractivity contribution in [2.45, 2.75) is 221 Å². The van der Waals surface area contributed by atoms with E-state index in [0.717, 1.165) is 115 Å². The van der Waals surface area contributed by atoms with Gasteiger partial charge in [-0.3, -0.25) is 0 Å². The van der Waals surface area contributed by atoms with Gasteiger partial charge in [0.15, 0.2) is 0 Å². The summed E-state index contributed by atoms with van der Waals surface area (Å²) in [5, 5.41) is 0. The molecule has 8 rings (SSSR count). The first-order valence-electron chi connectivity index (χ1n) is 26.7. The van der Waals surface area contributed by atoms with Crippen LogP contribution in [0.2, 0.25) is 0 Å². The first-order valence-corrected chi connectivity index (χ1v) is 26.7. The van der Waals surface area contributed by atoms with Crippen molar-refractivity contribution in [3.8, 4) is 0 Å². The first-order chi connectivity index (χ1) is 29.9. The second-order valence-corrected chi connectivity index (χ2v) is 27.0. The fourth-order valence-electron chi connectivity index (χ4n) is 8.26. The molecule has 8 aliphatic heterocycles. The predicted molar refractivity (Wildman–Crippen MR) is 275 cm³/mol. The Morgan fingerprint density at radius 2 is 0.523 bits per heavy atom. The van der Waals surface area contributed by atoms with Crippen molar-refractivity contribution in [3.05, 3.63) is 0 Å². The zero-order valence-corrected chi connectivity index (χ0v) is 47.1.